The Labute approximate surface area is 139 Å². The van der Waals surface area contributed by atoms with Crippen molar-refractivity contribution in [2.24, 2.45) is 0 Å². The molecule has 0 fully saturated rings. The Morgan fingerprint density at radius 1 is 0.667 bits per heavy atom. The number of benzene rings is 2. The number of nitrogens with zero attached hydrogens (tertiary/aromatic N) is 4. The molecule has 4 rings (SSSR count). The maximum atomic E-state index is 8.88. The Hall–Kier alpha value is -3.50. The molecule has 0 radical (unpaired) electrons. The molecule has 2 aromatic heterocycles. The fourth-order valence-electron chi connectivity index (χ4n) is 3.19. The molecule has 0 N–H and O–H groups in total. The number of hydrogen-bond donors (Lipinski definition) is 0. The molecule has 2 heterocycles. The first kappa shape index (κ1) is 14.1. The molecule has 0 aliphatic carbocycles. The molecule has 24 heavy (non-hydrogen) atoms. The van der Waals surface area contributed by atoms with Gasteiger partial charge in [-0.05, 0) is 47.5 Å². The maximum Gasteiger partial charge on any atom is 0.110 e. The molecule has 4 aromatic rings. The Kier molecular flexibility index (Phi) is 3.30. The molecule has 0 atom stereocenters. The van der Waals surface area contributed by atoms with E-state index in [1.54, 1.807) is 0 Å². The van der Waals surface area contributed by atoms with Crippen LogP contribution in [0.5, 0.6) is 0 Å². The van der Waals surface area contributed by atoms with Gasteiger partial charge in [-0.1, -0.05) is 12.1 Å². The molecular formula is C20H14N4. The van der Waals surface area contributed by atoms with Gasteiger partial charge < -0.3 is 9.13 Å². The van der Waals surface area contributed by atoms with Gasteiger partial charge in [-0.25, -0.2) is 0 Å². The van der Waals surface area contributed by atoms with Crippen LogP contribution in [0.15, 0.2) is 60.9 Å². The van der Waals surface area contributed by atoms with Crippen LogP contribution in [-0.4, -0.2) is 9.13 Å². The van der Waals surface area contributed by atoms with E-state index in [2.05, 4.69) is 48.5 Å². The number of aromatic nitrogens is 2. The monoisotopic (exact) mass is 310 g/mol. The summed E-state index contributed by atoms with van der Waals surface area (Å²) in [5.74, 6) is 0. The zero-order valence-electron chi connectivity index (χ0n) is 13.0. The van der Waals surface area contributed by atoms with Crippen LogP contribution >= 0.6 is 0 Å². The summed E-state index contributed by atoms with van der Waals surface area (Å²) in [7, 11) is 0. The summed E-state index contributed by atoms with van der Waals surface area (Å²) < 4.78 is 3.90. The zero-order valence-corrected chi connectivity index (χ0v) is 13.0. The lowest BCUT2D eigenvalue weighted by Crippen LogP contribution is -1.92. The lowest BCUT2D eigenvalue weighted by molar-refractivity contribution is 0.874. The zero-order chi connectivity index (χ0) is 16.5. The average molecular weight is 310 g/mol. The molecule has 0 aliphatic rings. The molecule has 0 unspecified atom stereocenters. The summed E-state index contributed by atoms with van der Waals surface area (Å²) >= 11 is 0. The van der Waals surface area contributed by atoms with Crippen molar-refractivity contribution < 1.29 is 0 Å². The molecule has 0 saturated carbocycles. The SMILES string of the molecule is N#CCn1ccc2cc(-c3ccc4c(ccn4CC#N)c3)ccc21. The summed E-state index contributed by atoms with van der Waals surface area (Å²) in [6.45, 7) is 0.725. The molecule has 0 saturated heterocycles. The van der Waals surface area contributed by atoms with Crippen molar-refractivity contribution in [2.45, 2.75) is 13.1 Å². The van der Waals surface area contributed by atoms with Crippen molar-refractivity contribution in [3.05, 3.63) is 60.9 Å². The van der Waals surface area contributed by atoms with Crippen molar-refractivity contribution in [1.82, 2.24) is 9.13 Å². The topological polar surface area (TPSA) is 57.4 Å². The summed E-state index contributed by atoms with van der Waals surface area (Å²) in [5, 5.41) is 20.0. The Balaban J connectivity index is 1.78. The highest BCUT2D eigenvalue weighted by molar-refractivity contribution is 5.89. The first-order valence-electron chi connectivity index (χ1n) is 7.72. The van der Waals surface area contributed by atoms with Crippen molar-refractivity contribution in [1.29, 1.82) is 10.5 Å². The van der Waals surface area contributed by atoms with Crippen LogP contribution in [0.2, 0.25) is 0 Å². The van der Waals surface area contributed by atoms with Gasteiger partial charge in [0.2, 0.25) is 0 Å². The minimum absolute atomic E-state index is 0.362. The molecule has 0 spiro atoms. The van der Waals surface area contributed by atoms with Crippen LogP contribution in [0.1, 0.15) is 0 Å². The maximum absolute atomic E-state index is 8.88. The first-order valence-corrected chi connectivity index (χ1v) is 7.72. The van der Waals surface area contributed by atoms with Crippen LogP contribution in [-0.2, 0) is 13.1 Å². The number of hydrogen-bond acceptors (Lipinski definition) is 2. The third-order valence-electron chi connectivity index (χ3n) is 4.36. The van der Waals surface area contributed by atoms with Gasteiger partial charge in [0.15, 0.2) is 0 Å². The van der Waals surface area contributed by atoms with Crippen molar-refractivity contribution in [3.63, 3.8) is 0 Å². The quantitative estimate of drug-likeness (QED) is 0.566. The number of fused-ring (bicyclic) bond motifs is 2. The summed E-state index contributed by atoms with van der Waals surface area (Å²) in [6.07, 6.45) is 3.89. The molecule has 0 amide bonds. The van der Waals surface area contributed by atoms with Crippen LogP contribution < -0.4 is 0 Å². The first-order chi connectivity index (χ1) is 11.8. The van der Waals surface area contributed by atoms with E-state index >= 15 is 0 Å². The normalized spacial score (nSPS) is 10.8. The number of rotatable bonds is 3. The van der Waals surface area contributed by atoms with Crippen molar-refractivity contribution in [2.75, 3.05) is 0 Å². The molecule has 114 valence electrons. The van der Waals surface area contributed by atoms with E-state index in [-0.39, 0.29) is 0 Å². The third-order valence-corrected chi connectivity index (χ3v) is 4.36. The van der Waals surface area contributed by atoms with Gasteiger partial charge >= 0.3 is 0 Å². The molecule has 0 aliphatic heterocycles. The van der Waals surface area contributed by atoms with Gasteiger partial charge in [0.05, 0.1) is 12.1 Å². The van der Waals surface area contributed by atoms with Crippen LogP contribution in [0.4, 0.5) is 0 Å². The lowest BCUT2D eigenvalue weighted by atomic mass is 10.0. The van der Waals surface area contributed by atoms with E-state index in [0.29, 0.717) is 13.1 Å². The minimum Gasteiger partial charge on any atom is -0.334 e. The van der Waals surface area contributed by atoms with E-state index in [4.69, 9.17) is 10.5 Å². The van der Waals surface area contributed by atoms with E-state index in [9.17, 15) is 0 Å². The number of nitriles is 2. The van der Waals surface area contributed by atoms with Gasteiger partial charge in [-0.15, -0.1) is 0 Å². The lowest BCUT2D eigenvalue weighted by Gasteiger charge is -2.05. The summed E-state index contributed by atoms with van der Waals surface area (Å²) in [4.78, 5) is 0. The van der Waals surface area contributed by atoms with Gasteiger partial charge in [-0.3, -0.25) is 0 Å². The van der Waals surface area contributed by atoms with Crippen LogP contribution in [0, 0.1) is 22.7 Å². The Morgan fingerprint density at radius 3 is 1.54 bits per heavy atom. The van der Waals surface area contributed by atoms with Gasteiger partial charge in [0, 0.05) is 34.2 Å². The molecule has 4 heteroatoms. The second-order valence-corrected chi connectivity index (χ2v) is 5.75. The highest BCUT2D eigenvalue weighted by atomic mass is 15.0. The van der Waals surface area contributed by atoms with Crippen LogP contribution in [0.25, 0.3) is 32.9 Å². The minimum atomic E-state index is 0.362. The highest BCUT2D eigenvalue weighted by Crippen LogP contribution is 2.28. The summed E-state index contributed by atoms with van der Waals surface area (Å²) in [5.41, 5.74) is 4.43. The van der Waals surface area contributed by atoms with Gasteiger partial charge in [-0.2, -0.15) is 10.5 Å². The smallest absolute Gasteiger partial charge is 0.110 e. The molecule has 0 bridgehead atoms. The Morgan fingerprint density at radius 2 is 1.12 bits per heavy atom. The van der Waals surface area contributed by atoms with E-state index in [0.717, 1.165) is 32.9 Å². The molecular weight excluding hydrogens is 296 g/mol. The standard InChI is InChI=1S/C20H14N4/c21-7-11-23-9-5-17-13-15(1-3-19(17)23)16-2-4-20-18(14-16)6-10-24(20)12-8-22/h1-6,9-10,13-14H,11-12H2. The third kappa shape index (κ3) is 2.22. The molecule has 2 aromatic carbocycles. The van der Waals surface area contributed by atoms with Crippen LogP contribution in [0.3, 0.4) is 0 Å². The fourth-order valence-corrected chi connectivity index (χ4v) is 3.19. The van der Waals surface area contributed by atoms with E-state index in [1.807, 2.05) is 33.7 Å². The second-order valence-electron chi connectivity index (χ2n) is 5.75. The molecule has 4 nitrogen and oxygen atoms in total. The average Bonchev–Trinajstić information content (AvgIpc) is 3.19. The highest BCUT2D eigenvalue weighted by Gasteiger charge is 2.06. The van der Waals surface area contributed by atoms with Crippen molar-refractivity contribution in [3.8, 4) is 23.3 Å². The fraction of sp³-hybridized carbons (Fsp3) is 0.100. The van der Waals surface area contributed by atoms with E-state index in [1.165, 1.54) is 0 Å². The van der Waals surface area contributed by atoms with E-state index < -0.39 is 0 Å². The predicted octanol–water partition coefficient (Wildman–Crippen LogP) is 4.31. The largest absolute Gasteiger partial charge is 0.334 e. The van der Waals surface area contributed by atoms with Gasteiger partial charge in [0.25, 0.3) is 0 Å². The van der Waals surface area contributed by atoms with Gasteiger partial charge in [0.1, 0.15) is 13.1 Å². The van der Waals surface area contributed by atoms with Crippen molar-refractivity contribution >= 4 is 21.8 Å². The summed E-state index contributed by atoms with van der Waals surface area (Å²) in [6, 6.07) is 21.0. The predicted molar refractivity (Wildman–Crippen MR) is 94.1 cm³/mol. The Bertz CT molecular complexity index is 1040. The second kappa shape index (κ2) is 5.61.